The summed E-state index contributed by atoms with van der Waals surface area (Å²) in [6.45, 7) is 0.0517. The smallest absolute Gasteiger partial charge is 0.417 e. The third kappa shape index (κ3) is 4.43. The second-order valence-electron chi connectivity index (χ2n) is 9.65. The summed E-state index contributed by atoms with van der Waals surface area (Å²) in [6, 6.07) is 4.25. The number of nitrogens with two attached hydrogens (primary N) is 1. The number of alkyl halides is 3. The van der Waals surface area contributed by atoms with E-state index in [0.29, 0.717) is 11.8 Å². The van der Waals surface area contributed by atoms with Crippen LogP contribution in [0.1, 0.15) is 30.5 Å². The van der Waals surface area contributed by atoms with E-state index in [1.807, 2.05) is 0 Å². The summed E-state index contributed by atoms with van der Waals surface area (Å²) in [6.07, 6.45) is -6.46. The highest BCUT2D eigenvalue weighted by atomic mass is 32.2. The van der Waals surface area contributed by atoms with Gasteiger partial charge in [0, 0.05) is 20.1 Å². The van der Waals surface area contributed by atoms with Gasteiger partial charge in [0.05, 0.1) is 46.4 Å². The highest BCUT2D eigenvalue weighted by Crippen LogP contribution is 2.66. The average molecular weight is 572 g/mol. The van der Waals surface area contributed by atoms with Gasteiger partial charge in [0.2, 0.25) is 5.91 Å². The summed E-state index contributed by atoms with van der Waals surface area (Å²) in [5, 5.41) is 25.6. The Morgan fingerprint density at radius 1 is 1.31 bits per heavy atom. The van der Waals surface area contributed by atoms with E-state index in [1.54, 1.807) is 6.07 Å². The molecular formula is C23H24F3N5O7S. The molecule has 4 rings (SSSR count). The number of nitrogens with zero attached hydrogens (tertiary/aromatic N) is 4. The Morgan fingerprint density at radius 2 is 2.00 bits per heavy atom. The lowest BCUT2D eigenvalue weighted by Gasteiger charge is -2.31. The molecule has 2 aromatic rings. The topological polar surface area (TPSA) is 187 Å². The van der Waals surface area contributed by atoms with Crippen molar-refractivity contribution in [3.05, 3.63) is 35.7 Å². The lowest BCUT2D eigenvalue weighted by Crippen LogP contribution is -2.44. The fraction of sp³-hybridized carbons (Fsp3) is 0.522. The second kappa shape index (κ2) is 9.57. The molecule has 0 radical (unpaired) electrons. The van der Waals surface area contributed by atoms with Crippen LogP contribution in [0.4, 0.5) is 13.2 Å². The summed E-state index contributed by atoms with van der Waals surface area (Å²) in [7, 11) is -2.27. The maximum absolute atomic E-state index is 14.1. The van der Waals surface area contributed by atoms with E-state index < -0.39 is 79.3 Å². The van der Waals surface area contributed by atoms with Crippen LogP contribution in [0.5, 0.6) is 0 Å². The molecule has 2 saturated carbocycles. The zero-order valence-electron chi connectivity index (χ0n) is 20.7. The lowest BCUT2D eigenvalue weighted by molar-refractivity contribution is -0.159. The molecule has 210 valence electrons. The highest BCUT2D eigenvalue weighted by molar-refractivity contribution is 7.92. The number of aromatic nitrogens is 3. The number of sulfone groups is 1. The first kappa shape index (κ1) is 28.5. The van der Waals surface area contributed by atoms with Gasteiger partial charge in [-0.05, 0) is 37.5 Å². The molecule has 0 aliphatic heterocycles. The molecule has 12 nitrogen and oxygen atoms in total. The van der Waals surface area contributed by atoms with Gasteiger partial charge in [-0.2, -0.15) is 18.4 Å². The van der Waals surface area contributed by atoms with Crippen molar-refractivity contribution in [2.75, 3.05) is 14.2 Å². The average Bonchev–Trinajstić information content (AvgIpc) is 3.23. The summed E-state index contributed by atoms with van der Waals surface area (Å²) in [5.41, 5.74) is 0.216. The van der Waals surface area contributed by atoms with E-state index in [-0.39, 0.29) is 18.7 Å². The van der Waals surface area contributed by atoms with Crippen LogP contribution in [-0.4, -0.2) is 66.0 Å². The maximum Gasteiger partial charge on any atom is 0.417 e. The van der Waals surface area contributed by atoms with Gasteiger partial charge in [-0.15, -0.1) is 5.10 Å². The molecule has 3 N–H and O–H groups in total. The molecule has 2 fully saturated rings. The zero-order valence-corrected chi connectivity index (χ0v) is 21.5. The number of aliphatic carboxylic acids is 1. The van der Waals surface area contributed by atoms with Crippen molar-refractivity contribution >= 4 is 21.7 Å². The van der Waals surface area contributed by atoms with Crippen LogP contribution in [0.3, 0.4) is 0 Å². The minimum absolute atomic E-state index is 0.0517. The second-order valence-corrected chi connectivity index (χ2v) is 11.8. The third-order valence-electron chi connectivity index (χ3n) is 7.63. The van der Waals surface area contributed by atoms with Gasteiger partial charge in [0.15, 0.2) is 9.84 Å². The largest absolute Gasteiger partial charge is 0.481 e. The number of hydrogen-bond acceptors (Lipinski definition) is 9. The van der Waals surface area contributed by atoms with Crippen molar-refractivity contribution < 1.29 is 45.8 Å². The number of hydrogen-bond donors (Lipinski definition) is 2. The fourth-order valence-electron chi connectivity index (χ4n) is 5.61. The summed E-state index contributed by atoms with van der Waals surface area (Å²) in [5.74, 6) is -3.76. The highest BCUT2D eigenvalue weighted by Gasteiger charge is 2.75. The van der Waals surface area contributed by atoms with Gasteiger partial charge in [-0.1, -0.05) is 5.21 Å². The summed E-state index contributed by atoms with van der Waals surface area (Å²) in [4.78, 5) is 23.5. The van der Waals surface area contributed by atoms with Crippen molar-refractivity contribution in [1.82, 2.24) is 15.0 Å². The molecule has 1 aromatic heterocycles. The van der Waals surface area contributed by atoms with Crippen molar-refractivity contribution in [2.45, 2.75) is 48.3 Å². The van der Waals surface area contributed by atoms with Crippen LogP contribution < -0.4 is 5.73 Å². The van der Waals surface area contributed by atoms with Gasteiger partial charge >= 0.3 is 12.1 Å². The number of ether oxygens (including phenoxy) is 2. The first-order valence-corrected chi connectivity index (χ1v) is 13.1. The minimum atomic E-state index is -5.10. The van der Waals surface area contributed by atoms with Gasteiger partial charge in [0.1, 0.15) is 16.5 Å². The number of benzene rings is 1. The first-order chi connectivity index (χ1) is 18.2. The van der Waals surface area contributed by atoms with Crippen LogP contribution in [0, 0.1) is 28.1 Å². The number of carboxylic acid groups (broad SMARTS) is 1. The van der Waals surface area contributed by atoms with E-state index in [1.165, 1.54) is 13.3 Å². The molecule has 0 saturated heterocycles. The number of amides is 1. The zero-order chi connectivity index (χ0) is 29.0. The molecular weight excluding hydrogens is 547 g/mol. The van der Waals surface area contributed by atoms with Crippen LogP contribution in [-0.2, 0) is 41.7 Å². The molecule has 2 unspecified atom stereocenters. The number of halogens is 3. The number of carbonyl (C=O) groups is 2. The first-order valence-electron chi connectivity index (χ1n) is 11.5. The normalized spacial score (nSPS) is 28.7. The number of nitriles is 1. The van der Waals surface area contributed by atoms with E-state index >= 15 is 0 Å². The quantitative estimate of drug-likeness (QED) is 0.446. The van der Waals surface area contributed by atoms with Crippen molar-refractivity contribution in [3.63, 3.8) is 0 Å². The van der Waals surface area contributed by atoms with Crippen molar-refractivity contribution in [1.29, 1.82) is 5.26 Å². The van der Waals surface area contributed by atoms with E-state index in [9.17, 15) is 41.5 Å². The number of rotatable bonds is 9. The molecule has 2 aliphatic rings. The standard InChI is InChI=1S/C23H24F3N5O7S/c1-37-10-12-9-31(30-29-12)13-3-4-16(15(5-13)23(24,25)26)39(35,36)14-6-18(38-2)22(7-14,20(33)34)17-8-21(17,11-27)19(28)32/h3-5,9,14,17-18H,6-8,10H2,1-2H3,(H2,28,32)(H,33,34)/t14-,17?,18+,21?,22+/m0/s1. The predicted octanol–water partition coefficient (Wildman–Crippen LogP) is 1.47. The molecule has 1 aromatic carbocycles. The third-order valence-corrected chi connectivity index (χ3v) is 9.84. The SMILES string of the molecule is COCc1cn(-c2ccc(S(=O)(=O)[C@H]3C[C@@H](OC)[C@](C(=O)O)(C4CC4(C#N)C(N)=O)C3)c(C(F)(F)F)c2)nn1. The van der Waals surface area contributed by atoms with Gasteiger partial charge in [-0.3, -0.25) is 9.59 Å². The number of methoxy groups -OCH3 is 2. The monoisotopic (exact) mass is 571 g/mol. The van der Waals surface area contributed by atoms with Gasteiger partial charge < -0.3 is 20.3 Å². The molecule has 16 heteroatoms. The minimum Gasteiger partial charge on any atom is -0.481 e. The molecule has 1 amide bonds. The fourth-order valence-corrected chi connectivity index (χ4v) is 7.63. The van der Waals surface area contributed by atoms with E-state index in [4.69, 9.17) is 15.2 Å². The molecule has 39 heavy (non-hydrogen) atoms. The molecule has 0 bridgehead atoms. The lowest BCUT2D eigenvalue weighted by atomic mass is 9.75. The molecule has 2 aliphatic carbocycles. The summed E-state index contributed by atoms with van der Waals surface area (Å²) < 4.78 is 81.0. The Hall–Kier alpha value is -3.55. The van der Waals surface area contributed by atoms with Crippen LogP contribution in [0.2, 0.25) is 0 Å². The molecule has 1 heterocycles. The number of carbonyl (C=O) groups excluding carboxylic acids is 1. The van der Waals surface area contributed by atoms with Crippen LogP contribution in [0.15, 0.2) is 29.3 Å². The predicted molar refractivity (Wildman–Crippen MR) is 123 cm³/mol. The van der Waals surface area contributed by atoms with Crippen molar-refractivity contribution in [2.24, 2.45) is 22.5 Å². The van der Waals surface area contributed by atoms with E-state index in [0.717, 1.165) is 23.9 Å². The van der Waals surface area contributed by atoms with Crippen LogP contribution in [0.25, 0.3) is 5.69 Å². The molecule has 0 spiro atoms. The van der Waals surface area contributed by atoms with Crippen LogP contribution >= 0.6 is 0 Å². The van der Waals surface area contributed by atoms with Crippen molar-refractivity contribution in [3.8, 4) is 11.8 Å². The Balaban J connectivity index is 1.77. The Bertz CT molecular complexity index is 1470. The Labute approximate surface area is 220 Å². The number of carboxylic acids is 1. The Kier molecular flexibility index (Phi) is 6.99. The van der Waals surface area contributed by atoms with Gasteiger partial charge in [-0.25, -0.2) is 13.1 Å². The maximum atomic E-state index is 14.1. The Morgan fingerprint density at radius 3 is 2.51 bits per heavy atom. The van der Waals surface area contributed by atoms with E-state index in [2.05, 4.69) is 10.3 Å². The number of primary amides is 1. The molecule has 5 atom stereocenters. The van der Waals surface area contributed by atoms with Gasteiger partial charge in [0.25, 0.3) is 0 Å². The summed E-state index contributed by atoms with van der Waals surface area (Å²) >= 11 is 0.